The van der Waals surface area contributed by atoms with Crippen molar-refractivity contribution in [3.63, 3.8) is 0 Å². The molecule has 0 aromatic heterocycles. The van der Waals surface area contributed by atoms with E-state index in [1.54, 1.807) is 6.07 Å². The zero-order valence-electron chi connectivity index (χ0n) is 13.2. The summed E-state index contributed by atoms with van der Waals surface area (Å²) in [5.74, 6) is 0. The van der Waals surface area contributed by atoms with Crippen LogP contribution in [0.1, 0.15) is 6.42 Å². The number of nitrogens with zero attached hydrogens (tertiary/aromatic N) is 1. The first-order chi connectivity index (χ1) is 12.0. The van der Waals surface area contributed by atoms with Gasteiger partial charge >= 0.3 is 0 Å². The average molecular weight is 362 g/mol. The number of hydrogen-bond donors (Lipinski definition) is 3. The second kappa shape index (κ2) is 7.83. The fraction of sp³-hybridized carbons (Fsp3) is 0.294. The number of non-ortho nitro benzene ring substituents is 1. The van der Waals surface area contributed by atoms with Gasteiger partial charge in [-0.25, -0.2) is 0 Å². The lowest BCUT2D eigenvalue weighted by atomic mass is 10.1. The Hall–Kier alpha value is -2.13. The molecule has 3 rings (SSSR count). The molecule has 0 aliphatic carbocycles. The minimum atomic E-state index is -0.910. The van der Waals surface area contributed by atoms with E-state index in [-0.39, 0.29) is 18.7 Å². The largest absolute Gasteiger partial charge is 0.390 e. The van der Waals surface area contributed by atoms with Crippen LogP contribution in [-0.2, 0) is 4.74 Å². The lowest BCUT2D eigenvalue weighted by Crippen LogP contribution is -2.44. The molecule has 3 atom stereocenters. The molecule has 0 radical (unpaired) electrons. The number of benzene rings is 2. The number of nitrogens with one attached hydrogen (secondary N) is 1. The average Bonchev–Trinajstić information content (AvgIpc) is 2.59. The van der Waals surface area contributed by atoms with Gasteiger partial charge in [-0.2, -0.15) is 0 Å². The van der Waals surface area contributed by atoms with Gasteiger partial charge < -0.3 is 20.3 Å². The smallest absolute Gasteiger partial charge is 0.272 e. The van der Waals surface area contributed by atoms with Crippen molar-refractivity contribution in [1.29, 1.82) is 0 Å². The number of aliphatic hydroxyl groups is 2. The molecule has 8 heteroatoms. The van der Waals surface area contributed by atoms with Crippen LogP contribution in [0.2, 0.25) is 0 Å². The van der Waals surface area contributed by atoms with Crippen molar-refractivity contribution in [3.05, 3.63) is 58.6 Å². The Bertz CT molecular complexity index is 743. The minimum absolute atomic E-state index is 0.0133. The van der Waals surface area contributed by atoms with E-state index < -0.39 is 23.4 Å². The molecule has 1 saturated heterocycles. The van der Waals surface area contributed by atoms with Crippen molar-refractivity contribution in [2.75, 3.05) is 11.9 Å². The third kappa shape index (κ3) is 4.70. The Labute approximate surface area is 148 Å². The van der Waals surface area contributed by atoms with Gasteiger partial charge in [0.25, 0.3) is 5.69 Å². The Morgan fingerprint density at radius 2 is 1.88 bits per heavy atom. The van der Waals surface area contributed by atoms with Gasteiger partial charge in [-0.15, -0.1) is 0 Å². The first-order valence-electron chi connectivity index (χ1n) is 7.78. The van der Waals surface area contributed by atoms with Gasteiger partial charge in [0.1, 0.15) is 12.3 Å². The Balaban J connectivity index is 1.79. The fourth-order valence-electron chi connectivity index (χ4n) is 2.51. The topological polar surface area (TPSA) is 105 Å². The van der Waals surface area contributed by atoms with Crippen molar-refractivity contribution >= 4 is 23.1 Å². The summed E-state index contributed by atoms with van der Waals surface area (Å²) in [6.07, 6.45) is -2.11. The molecular weight excluding hydrogens is 344 g/mol. The Morgan fingerprint density at radius 1 is 1.12 bits per heavy atom. The molecule has 3 N–H and O–H groups in total. The molecule has 0 amide bonds. The molecule has 132 valence electrons. The van der Waals surface area contributed by atoms with Crippen LogP contribution in [-0.4, -0.2) is 40.2 Å². The number of ether oxygens (including phenoxy) is 1. The van der Waals surface area contributed by atoms with E-state index in [4.69, 9.17) is 4.74 Å². The highest BCUT2D eigenvalue weighted by Crippen LogP contribution is 2.33. The lowest BCUT2D eigenvalue weighted by molar-refractivity contribution is -0.385. The standard InChI is InChI=1S/C17H18N2O5S/c20-15-9-17(24-10-16(15)21)18-11-6-12(19(22)23)8-14(7-11)25-13-4-2-1-3-5-13/h1-8,15-18,20-21H,9-10H2/t15-,16+,17?/m1/s1. The molecule has 0 bridgehead atoms. The molecule has 2 aromatic carbocycles. The van der Waals surface area contributed by atoms with E-state index >= 15 is 0 Å². The van der Waals surface area contributed by atoms with Gasteiger partial charge in [0, 0.05) is 34.0 Å². The van der Waals surface area contributed by atoms with Crippen molar-refractivity contribution < 1.29 is 19.9 Å². The summed E-state index contributed by atoms with van der Waals surface area (Å²) in [7, 11) is 0. The summed E-state index contributed by atoms with van der Waals surface area (Å²) < 4.78 is 5.43. The highest BCUT2D eigenvalue weighted by atomic mass is 32.2. The summed E-state index contributed by atoms with van der Waals surface area (Å²) in [5.41, 5.74) is 0.501. The molecule has 2 aromatic rings. The van der Waals surface area contributed by atoms with E-state index in [0.717, 1.165) is 9.79 Å². The second-order valence-corrected chi connectivity index (χ2v) is 6.87. The zero-order chi connectivity index (χ0) is 17.8. The fourth-order valence-corrected chi connectivity index (χ4v) is 3.44. The predicted octanol–water partition coefficient (Wildman–Crippen LogP) is 2.63. The van der Waals surface area contributed by atoms with Crippen molar-refractivity contribution in [3.8, 4) is 0 Å². The molecular formula is C17H18N2O5S. The van der Waals surface area contributed by atoms with Crippen LogP contribution >= 0.6 is 11.8 Å². The van der Waals surface area contributed by atoms with E-state index in [0.29, 0.717) is 5.69 Å². The number of aliphatic hydroxyl groups excluding tert-OH is 2. The molecule has 1 unspecified atom stereocenters. The highest BCUT2D eigenvalue weighted by molar-refractivity contribution is 7.99. The molecule has 0 saturated carbocycles. The number of nitro benzene ring substituents is 1. The molecule has 1 aliphatic heterocycles. The molecule has 1 fully saturated rings. The summed E-state index contributed by atoms with van der Waals surface area (Å²) in [5, 5.41) is 33.5. The normalized spacial score (nSPS) is 23.2. The van der Waals surface area contributed by atoms with Crippen LogP contribution in [0.15, 0.2) is 58.3 Å². The number of anilines is 1. The van der Waals surface area contributed by atoms with Gasteiger partial charge in [-0.05, 0) is 18.2 Å². The van der Waals surface area contributed by atoms with Crippen molar-refractivity contribution in [2.45, 2.75) is 34.6 Å². The summed E-state index contributed by atoms with van der Waals surface area (Å²) >= 11 is 1.42. The van der Waals surface area contributed by atoms with Crippen LogP contribution in [0.25, 0.3) is 0 Å². The van der Waals surface area contributed by atoms with E-state index in [2.05, 4.69) is 5.32 Å². The van der Waals surface area contributed by atoms with Crippen LogP contribution in [0.3, 0.4) is 0 Å². The van der Waals surface area contributed by atoms with Crippen LogP contribution in [0, 0.1) is 10.1 Å². The third-order valence-electron chi connectivity index (χ3n) is 3.78. The maximum absolute atomic E-state index is 11.2. The Kier molecular flexibility index (Phi) is 5.54. The summed E-state index contributed by atoms with van der Waals surface area (Å²) in [4.78, 5) is 12.5. The zero-order valence-corrected chi connectivity index (χ0v) is 14.1. The maximum atomic E-state index is 11.2. The number of rotatable bonds is 5. The van der Waals surface area contributed by atoms with E-state index in [1.807, 2.05) is 30.3 Å². The van der Waals surface area contributed by atoms with E-state index in [1.165, 1.54) is 23.9 Å². The number of hydrogen-bond acceptors (Lipinski definition) is 7. The monoisotopic (exact) mass is 362 g/mol. The predicted molar refractivity (Wildman–Crippen MR) is 93.7 cm³/mol. The quantitative estimate of drug-likeness (QED) is 0.555. The van der Waals surface area contributed by atoms with Crippen LogP contribution in [0.4, 0.5) is 11.4 Å². The van der Waals surface area contributed by atoms with Crippen molar-refractivity contribution in [2.24, 2.45) is 0 Å². The summed E-state index contributed by atoms with van der Waals surface area (Å²) in [6, 6.07) is 14.3. The van der Waals surface area contributed by atoms with Crippen molar-refractivity contribution in [1.82, 2.24) is 0 Å². The molecule has 7 nitrogen and oxygen atoms in total. The second-order valence-electron chi connectivity index (χ2n) is 5.72. The SMILES string of the molecule is O=[N+]([O-])c1cc(NC2C[C@@H](O)[C@@H](O)CO2)cc(Sc2ccccc2)c1. The molecule has 1 aliphatic rings. The van der Waals surface area contributed by atoms with Gasteiger partial charge in [-0.3, -0.25) is 10.1 Å². The third-order valence-corrected chi connectivity index (χ3v) is 4.76. The lowest BCUT2D eigenvalue weighted by Gasteiger charge is -2.31. The maximum Gasteiger partial charge on any atom is 0.272 e. The van der Waals surface area contributed by atoms with Gasteiger partial charge in [-0.1, -0.05) is 30.0 Å². The molecule has 25 heavy (non-hydrogen) atoms. The van der Waals surface area contributed by atoms with Crippen LogP contribution < -0.4 is 5.32 Å². The van der Waals surface area contributed by atoms with Gasteiger partial charge in [0.15, 0.2) is 0 Å². The number of nitro groups is 1. The highest BCUT2D eigenvalue weighted by Gasteiger charge is 2.28. The first kappa shape index (κ1) is 17.7. The Morgan fingerprint density at radius 3 is 2.56 bits per heavy atom. The summed E-state index contributed by atoms with van der Waals surface area (Å²) in [6.45, 7) is 0.0133. The first-order valence-corrected chi connectivity index (χ1v) is 8.59. The molecule has 0 spiro atoms. The van der Waals surface area contributed by atoms with Gasteiger partial charge in [0.2, 0.25) is 0 Å². The molecule has 1 heterocycles. The van der Waals surface area contributed by atoms with Gasteiger partial charge in [0.05, 0.1) is 17.6 Å². The minimum Gasteiger partial charge on any atom is -0.390 e. The van der Waals surface area contributed by atoms with E-state index in [9.17, 15) is 20.3 Å². The van der Waals surface area contributed by atoms with Crippen LogP contribution in [0.5, 0.6) is 0 Å².